The Labute approximate surface area is 58.7 Å². The Morgan fingerprint density at radius 2 is 1.75 bits per heavy atom. The third kappa shape index (κ3) is 17.5. The Morgan fingerprint density at radius 3 is 1.88 bits per heavy atom. The van der Waals surface area contributed by atoms with Crippen molar-refractivity contribution in [2.75, 3.05) is 0 Å². The molecule has 0 bridgehead atoms. The van der Waals surface area contributed by atoms with Crippen LogP contribution >= 0.6 is 0 Å². The molecule has 0 aromatic heterocycles. The van der Waals surface area contributed by atoms with Crippen molar-refractivity contribution in [3.63, 3.8) is 0 Å². The fourth-order valence-corrected chi connectivity index (χ4v) is 0.217. The quantitative estimate of drug-likeness (QED) is 0.414. The zero-order valence-electron chi connectivity index (χ0n) is 4.50. The summed E-state index contributed by atoms with van der Waals surface area (Å²) in [6.45, 7) is 11.9. The van der Waals surface area contributed by atoms with E-state index in [1.165, 1.54) is 6.08 Å². The molecule has 0 fully saturated rings. The van der Waals surface area contributed by atoms with Gasteiger partial charge in [0.15, 0.2) is 0 Å². The molecule has 0 aromatic rings. The topological polar surface area (TPSA) is 0 Å². The summed E-state index contributed by atoms with van der Waals surface area (Å²) >= 11 is 3.81. The molecule has 8 heavy (non-hydrogen) atoms. The Bertz CT molecular complexity index is 72.4. The molecule has 0 unspecified atom stereocenters. The zero-order chi connectivity index (χ0) is 6.83. The molecule has 0 atom stereocenters. The van der Waals surface area contributed by atoms with E-state index >= 15 is 0 Å². The third-order valence-electron chi connectivity index (χ3n) is 0.286. The van der Waals surface area contributed by atoms with Crippen LogP contribution in [0.3, 0.4) is 0 Å². The molecule has 0 rings (SSSR count). The normalized spacial score (nSPS) is 7.12. The van der Waals surface area contributed by atoms with Gasteiger partial charge in [-0.05, 0) is 0 Å². The minimum absolute atomic E-state index is 1.45. The molecule has 0 aliphatic carbocycles. The molecule has 0 amide bonds. The second kappa shape index (κ2) is 16.0. The fraction of sp³-hybridized carbons (Fsp3) is 0. The fourth-order valence-electron chi connectivity index (χ4n) is 0.101. The Hall–Kier alpha value is -0.404. The molecule has 0 aromatic carbocycles. The molecule has 0 spiro atoms. The van der Waals surface area contributed by atoms with E-state index < -0.39 is 0 Å². The maximum absolute atomic E-state index is 4.95. The van der Waals surface area contributed by atoms with Crippen LogP contribution < -0.4 is 0 Å². The Morgan fingerprint density at radius 1 is 1.25 bits per heavy atom. The summed E-state index contributed by atoms with van der Waals surface area (Å²) in [6.07, 6.45) is 4.89. The van der Waals surface area contributed by atoms with Gasteiger partial charge in [0.2, 0.25) is 0 Å². The maximum atomic E-state index is 4.95. The number of hydrogen-bond donors (Lipinski definition) is 0. The monoisotopic (exact) mass is 151 g/mol. The number of allylic oxidation sites excluding steroid dienone is 3. The average molecular weight is 151 g/mol. The van der Waals surface area contributed by atoms with Gasteiger partial charge in [-0.1, -0.05) is 0 Å². The van der Waals surface area contributed by atoms with E-state index in [9.17, 15) is 0 Å². The molecule has 0 nitrogen and oxygen atoms in total. The van der Waals surface area contributed by atoms with E-state index in [0.717, 1.165) is 0 Å². The molecule has 0 heterocycles. The summed E-state index contributed by atoms with van der Waals surface area (Å²) in [7, 11) is 0. The molecule has 1 heteroatoms. The molecule has 0 saturated heterocycles. The second-order valence-corrected chi connectivity index (χ2v) is 1.04. The van der Waals surface area contributed by atoms with E-state index in [0.29, 0.717) is 0 Å². The summed E-state index contributed by atoms with van der Waals surface area (Å²) in [4.78, 5) is 1.61. The van der Waals surface area contributed by atoms with Gasteiger partial charge in [0, 0.05) is 0 Å². The molecule has 0 N–H and O–H groups in total. The first-order valence-electron chi connectivity index (χ1n) is 1.93. The third-order valence-corrected chi connectivity index (χ3v) is 0.487. The van der Waals surface area contributed by atoms with E-state index in [1.54, 1.807) is 17.1 Å². The van der Waals surface area contributed by atoms with Gasteiger partial charge in [0.05, 0.1) is 0 Å². The molecule has 47 valence electrons. The van der Waals surface area contributed by atoms with Gasteiger partial charge >= 0.3 is 45.1 Å². The van der Waals surface area contributed by atoms with E-state index in [4.69, 9.17) is 6.58 Å². The molecular weight excluding hydrogens is 143 g/mol. The Kier molecular flexibility index (Phi) is 21.1. The first kappa shape index (κ1) is 10.6. The van der Waals surface area contributed by atoms with Crippen LogP contribution in [0.25, 0.3) is 0 Å². The van der Waals surface area contributed by atoms with Crippen LogP contribution in [0.4, 0.5) is 0 Å². The summed E-state index contributed by atoms with van der Waals surface area (Å²) in [6, 6.07) is 0. The summed E-state index contributed by atoms with van der Waals surface area (Å²) in [5.74, 6) is 0. The molecule has 0 aliphatic rings. The van der Waals surface area contributed by atoms with Gasteiger partial charge in [-0.2, -0.15) is 0 Å². The van der Waals surface area contributed by atoms with Gasteiger partial charge < -0.3 is 6.58 Å². The SMILES string of the molecule is [CH-]=C.[CH-]=C/C=C\[CH]=[Co]. The van der Waals surface area contributed by atoms with Crippen molar-refractivity contribution in [3.05, 3.63) is 38.0 Å². The molecule has 0 saturated carbocycles. The van der Waals surface area contributed by atoms with Crippen molar-refractivity contribution in [3.8, 4) is 0 Å². The predicted molar refractivity (Wildman–Crippen MR) is 34.0 cm³/mol. The van der Waals surface area contributed by atoms with Crippen LogP contribution in [0.15, 0.2) is 24.8 Å². The van der Waals surface area contributed by atoms with Crippen molar-refractivity contribution in [2.45, 2.75) is 0 Å². The van der Waals surface area contributed by atoms with Crippen LogP contribution in [-0.2, 0) is 15.3 Å². The first-order valence-corrected chi connectivity index (χ1v) is 2.54. The summed E-state index contributed by atoms with van der Waals surface area (Å²) in [5.41, 5.74) is 0. The van der Waals surface area contributed by atoms with Crippen molar-refractivity contribution in [2.24, 2.45) is 0 Å². The first-order chi connectivity index (χ1) is 3.91. The van der Waals surface area contributed by atoms with E-state index in [-0.39, 0.29) is 0 Å². The van der Waals surface area contributed by atoms with Crippen LogP contribution in [0, 0.1) is 13.2 Å². The predicted octanol–water partition coefficient (Wildman–Crippen LogP) is 1.49. The van der Waals surface area contributed by atoms with Crippen molar-refractivity contribution >= 4 is 4.96 Å². The zero-order valence-corrected chi connectivity index (χ0v) is 5.55. The molecular formula is C7H8Co-2. The van der Waals surface area contributed by atoms with Crippen LogP contribution in [0.2, 0.25) is 0 Å². The average Bonchev–Trinajstić information content (AvgIpc) is 1.88. The second-order valence-electron chi connectivity index (χ2n) is 0.688. The van der Waals surface area contributed by atoms with Crippen molar-refractivity contribution in [1.29, 1.82) is 0 Å². The summed E-state index contributed by atoms with van der Waals surface area (Å²) < 4.78 is 0. The number of hydrogen-bond acceptors (Lipinski definition) is 0. The van der Waals surface area contributed by atoms with Gasteiger partial charge in [-0.3, -0.25) is 6.58 Å². The number of rotatable bonds is 2. The summed E-state index contributed by atoms with van der Waals surface area (Å²) in [5, 5.41) is 0. The minimum atomic E-state index is 1.45. The van der Waals surface area contributed by atoms with Gasteiger partial charge in [0.1, 0.15) is 0 Å². The van der Waals surface area contributed by atoms with Gasteiger partial charge in [-0.25, -0.2) is 0 Å². The van der Waals surface area contributed by atoms with Crippen LogP contribution in [-0.4, -0.2) is 4.96 Å². The Balaban J connectivity index is 0. The van der Waals surface area contributed by atoms with Gasteiger partial charge in [0.25, 0.3) is 0 Å². The molecule has 0 aliphatic heterocycles. The van der Waals surface area contributed by atoms with Crippen molar-refractivity contribution in [1.82, 2.24) is 0 Å². The van der Waals surface area contributed by atoms with Crippen molar-refractivity contribution < 1.29 is 15.3 Å². The van der Waals surface area contributed by atoms with E-state index in [1.807, 2.05) is 0 Å². The standard InChI is InChI=1S/C5H5.C2H3.Co/c1-3-5-4-2;1-2;/h1-5H;1H,2H2;/q2*-1;/b5-3-;;. The van der Waals surface area contributed by atoms with Crippen LogP contribution in [0.1, 0.15) is 0 Å². The molecule has 0 radical (unpaired) electrons. The van der Waals surface area contributed by atoms with E-state index in [2.05, 4.69) is 28.5 Å². The van der Waals surface area contributed by atoms with Crippen LogP contribution in [0.5, 0.6) is 0 Å². The van der Waals surface area contributed by atoms with Gasteiger partial charge in [-0.15, -0.1) is 0 Å².